The molecule has 0 aromatic heterocycles. The topological polar surface area (TPSA) is 37.3 Å². The molecule has 73 valence electrons. The third-order valence-electron chi connectivity index (χ3n) is 2.10. The number of aromatic carboxylic acids is 1. The summed E-state index contributed by atoms with van der Waals surface area (Å²) in [6, 6.07) is 10.8. The van der Waals surface area contributed by atoms with Crippen LogP contribution in [0.5, 0.6) is 0 Å². The van der Waals surface area contributed by atoms with Gasteiger partial charge in [-0.15, -0.1) is 0 Å². The first kappa shape index (κ1) is 12.6. The summed E-state index contributed by atoms with van der Waals surface area (Å²) in [5.74, 6) is -0.895. The molecule has 2 aromatic rings. The van der Waals surface area contributed by atoms with E-state index in [2.05, 4.69) is 15.9 Å². The first-order valence-corrected chi connectivity index (χ1v) is 4.90. The van der Waals surface area contributed by atoms with Crippen LogP contribution in [-0.2, 0) is 0 Å². The number of carbonyl (C=O) groups is 1. The molecule has 0 saturated carbocycles. The third kappa shape index (κ3) is 2.37. The number of rotatable bonds is 1. The molecule has 0 spiro atoms. The van der Waals surface area contributed by atoms with Crippen LogP contribution < -0.4 is 0 Å². The average Bonchev–Trinajstić information content (AvgIpc) is 2.18. The Kier molecular flexibility index (Phi) is 4.22. The van der Waals surface area contributed by atoms with Crippen LogP contribution in [0, 0.1) is 0 Å². The number of benzene rings is 2. The second-order valence-corrected chi connectivity index (χ2v) is 3.80. The molecule has 1 N–H and O–H groups in total. The Balaban J connectivity index is 0.00000112. The zero-order valence-electron chi connectivity index (χ0n) is 7.77. The van der Waals surface area contributed by atoms with Crippen molar-refractivity contribution in [3.05, 3.63) is 46.4 Å². The third-order valence-corrected chi connectivity index (χ3v) is 2.79. The number of halogens is 1. The average molecular weight is 366 g/mol. The van der Waals surface area contributed by atoms with Gasteiger partial charge in [-0.05, 0) is 22.9 Å². The van der Waals surface area contributed by atoms with E-state index in [1.54, 1.807) is 12.1 Å². The molecule has 0 aliphatic heterocycles. The second kappa shape index (κ2) is 5.03. The van der Waals surface area contributed by atoms with E-state index in [0.717, 1.165) is 15.2 Å². The normalized spacial score (nSPS) is 9.67. The van der Waals surface area contributed by atoms with Gasteiger partial charge >= 0.3 is 5.97 Å². The van der Waals surface area contributed by atoms with Gasteiger partial charge in [0.05, 0.1) is 5.56 Å². The molecule has 0 heterocycles. The molecular weight excluding hydrogens is 359 g/mol. The van der Waals surface area contributed by atoms with Crippen LogP contribution in [0.15, 0.2) is 40.9 Å². The molecule has 3 radical (unpaired) electrons. The van der Waals surface area contributed by atoms with Crippen LogP contribution in [0.25, 0.3) is 10.8 Å². The molecule has 15 heavy (non-hydrogen) atoms. The fourth-order valence-electron chi connectivity index (χ4n) is 1.45. The van der Waals surface area contributed by atoms with Crippen LogP contribution in [0.4, 0.5) is 0 Å². The number of hydrogen-bond acceptors (Lipinski definition) is 1. The largest absolute Gasteiger partial charge is 0.478 e. The van der Waals surface area contributed by atoms with E-state index in [1.807, 2.05) is 24.3 Å². The second-order valence-electron chi connectivity index (χ2n) is 2.95. The van der Waals surface area contributed by atoms with E-state index >= 15 is 0 Å². The molecule has 2 nitrogen and oxygen atoms in total. The van der Waals surface area contributed by atoms with Crippen molar-refractivity contribution in [2.24, 2.45) is 0 Å². The van der Waals surface area contributed by atoms with Crippen molar-refractivity contribution in [2.45, 2.75) is 0 Å². The van der Waals surface area contributed by atoms with Gasteiger partial charge in [0.25, 0.3) is 0 Å². The molecule has 0 saturated heterocycles. The monoisotopic (exact) mass is 365 g/mol. The standard InChI is InChI=1S/C11H7BrO2.In/c12-10-6-5-9(11(13)14)7-3-1-2-4-8(7)10;/h1-6H,(H,13,14);. The maximum atomic E-state index is 10.9. The Bertz CT molecular complexity index is 511. The number of fused-ring (bicyclic) bond motifs is 1. The van der Waals surface area contributed by atoms with Gasteiger partial charge in [0, 0.05) is 30.3 Å². The van der Waals surface area contributed by atoms with Gasteiger partial charge in [0.15, 0.2) is 0 Å². The predicted octanol–water partition coefficient (Wildman–Crippen LogP) is 2.92. The fourth-order valence-corrected chi connectivity index (χ4v) is 1.93. The Morgan fingerprint density at radius 3 is 2.27 bits per heavy atom. The molecule has 0 aliphatic carbocycles. The van der Waals surface area contributed by atoms with Crippen molar-refractivity contribution in [1.29, 1.82) is 0 Å². The van der Waals surface area contributed by atoms with Gasteiger partial charge in [-0.2, -0.15) is 0 Å². The summed E-state index contributed by atoms with van der Waals surface area (Å²) in [6.07, 6.45) is 0. The minimum atomic E-state index is -0.895. The Morgan fingerprint density at radius 2 is 1.67 bits per heavy atom. The molecular formula is C11H7BrInO2. The summed E-state index contributed by atoms with van der Waals surface area (Å²) in [4.78, 5) is 10.9. The SMILES string of the molecule is O=C(O)c1ccc(Br)c2ccccc12.[In]. The Labute approximate surface area is 114 Å². The van der Waals surface area contributed by atoms with Gasteiger partial charge in [-0.25, -0.2) is 4.79 Å². The molecule has 0 aliphatic rings. The zero-order valence-corrected chi connectivity index (χ0v) is 12.7. The van der Waals surface area contributed by atoms with Crippen molar-refractivity contribution in [3.8, 4) is 0 Å². The molecule has 0 unspecified atom stereocenters. The number of hydrogen-bond donors (Lipinski definition) is 1. The van der Waals surface area contributed by atoms with E-state index in [-0.39, 0.29) is 25.8 Å². The van der Waals surface area contributed by atoms with E-state index in [1.165, 1.54) is 0 Å². The van der Waals surface area contributed by atoms with Crippen LogP contribution in [0.3, 0.4) is 0 Å². The van der Waals surface area contributed by atoms with Crippen LogP contribution in [-0.4, -0.2) is 36.9 Å². The zero-order chi connectivity index (χ0) is 10.1. The van der Waals surface area contributed by atoms with Crippen molar-refractivity contribution in [1.82, 2.24) is 0 Å². The summed E-state index contributed by atoms with van der Waals surface area (Å²) in [5, 5.41) is 10.6. The predicted molar refractivity (Wildman–Crippen MR) is 64.4 cm³/mol. The van der Waals surface area contributed by atoms with Crippen molar-refractivity contribution in [2.75, 3.05) is 0 Å². The first-order chi connectivity index (χ1) is 6.70. The van der Waals surface area contributed by atoms with E-state index in [4.69, 9.17) is 5.11 Å². The minimum Gasteiger partial charge on any atom is -0.478 e. The molecule has 0 bridgehead atoms. The van der Waals surface area contributed by atoms with Gasteiger partial charge in [0.2, 0.25) is 0 Å². The van der Waals surface area contributed by atoms with Crippen LogP contribution in [0.1, 0.15) is 10.4 Å². The van der Waals surface area contributed by atoms with Gasteiger partial charge in [-0.3, -0.25) is 0 Å². The summed E-state index contributed by atoms with van der Waals surface area (Å²) < 4.78 is 0.915. The molecule has 4 heteroatoms. The molecule has 0 fully saturated rings. The Morgan fingerprint density at radius 1 is 1.07 bits per heavy atom. The van der Waals surface area contributed by atoms with Gasteiger partial charge in [-0.1, -0.05) is 40.2 Å². The minimum absolute atomic E-state index is 0. The summed E-state index contributed by atoms with van der Waals surface area (Å²) in [6.45, 7) is 0. The first-order valence-electron chi connectivity index (χ1n) is 4.10. The molecule has 0 amide bonds. The van der Waals surface area contributed by atoms with Gasteiger partial charge < -0.3 is 5.11 Å². The number of carboxylic acid groups (broad SMARTS) is 1. The summed E-state index contributed by atoms with van der Waals surface area (Å²) in [5.41, 5.74) is 0.337. The van der Waals surface area contributed by atoms with E-state index in [9.17, 15) is 4.79 Å². The Hall–Kier alpha value is -0.480. The van der Waals surface area contributed by atoms with Crippen molar-refractivity contribution < 1.29 is 9.90 Å². The van der Waals surface area contributed by atoms with Crippen molar-refractivity contribution in [3.63, 3.8) is 0 Å². The van der Waals surface area contributed by atoms with E-state index < -0.39 is 5.97 Å². The maximum absolute atomic E-state index is 10.9. The van der Waals surface area contributed by atoms with Crippen LogP contribution in [0.2, 0.25) is 0 Å². The summed E-state index contributed by atoms with van der Waals surface area (Å²) >= 11 is 3.39. The summed E-state index contributed by atoms with van der Waals surface area (Å²) in [7, 11) is 0. The smallest absolute Gasteiger partial charge is 0.336 e. The van der Waals surface area contributed by atoms with Crippen LogP contribution >= 0.6 is 15.9 Å². The quantitative estimate of drug-likeness (QED) is 0.843. The van der Waals surface area contributed by atoms with Gasteiger partial charge in [0.1, 0.15) is 0 Å². The van der Waals surface area contributed by atoms with Crippen molar-refractivity contribution >= 4 is 58.5 Å². The molecule has 2 rings (SSSR count). The molecule has 0 atom stereocenters. The molecule has 2 aromatic carbocycles. The number of carboxylic acids is 1. The maximum Gasteiger partial charge on any atom is 0.336 e. The fraction of sp³-hybridized carbons (Fsp3) is 0. The van der Waals surface area contributed by atoms with E-state index in [0.29, 0.717) is 5.56 Å².